The number of hydrogen-bond acceptors (Lipinski definition) is 3. The fourth-order valence-electron chi connectivity index (χ4n) is 1.69. The third kappa shape index (κ3) is 3.03. The molecule has 18 heavy (non-hydrogen) atoms. The Balaban J connectivity index is 2.11. The lowest BCUT2D eigenvalue weighted by Gasteiger charge is -2.30. The maximum Gasteiger partial charge on any atom is 0.434 e. The summed E-state index contributed by atoms with van der Waals surface area (Å²) in [7, 11) is 0. The van der Waals surface area contributed by atoms with Gasteiger partial charge < -0.3 is 4.74 Å². The maximum atomic E-state index is 11.9. The van der Waals surface area contributed by atoms with Crippen LogP contribution < -0.4 is 0 Å². The molecule has 0 unspecified atom stereocenters. The Labute approximate surface area is 115 Å². The molecule has 0 N–H and O–H groups in total. The van der Waals surface area contributed by atoms with Crippen LogP contribution in [0, 0.1) is 0 Å². The molecule has 0 atom stereocenters. The minimum absolute atomic E-state index is 0.371. The molecule has 5 heteroatoms. The zero-order chi connectivity index (χ0) is 13.3. The summed E-state index contributed by atoms with van der Waals surface area (Å²) in [5.41, 5.74) is 1.64. The lowest BCUT2D eigenvalue weighted by Crippen LogP contribution is -2.38. The third-order valence-corrected chi connectivity index (χ3v) is 3.23. The molecule has 1 amide bonds. The highest BCUT2D eigenvalue weighted by molar-refractivity contribution is 9.10. The first-order valence-corrected chi connectivity index (χ1v) is 6.56. The van der Waals surface area contributed by atoms with Crippen molar-refractivity contribution in [2.45, 2.75) is 39.5 Å². The molecule has 98 valence electrons. The maximum absolute atomic E-state index is 11.9. The zero-order valence-electron chi connectivity index (χ0n) is 10.7. The van der Waals surface area contributed by atoms with Crippen molar-refractivity contribution in [3.8, 4) is 0 Å². The second kappa shape index (κ2) is 4.90. The van der Waals surface area contributed by atoms with Crippen molar-refractivity contribution in [2.24, 2.45) is 0 Å². The molecule has 0 saturated heterocycles. The number of benzene rings is 1. The van der Waals surface area contributed by atoms with Gasteiger partial charge in [-0.1, -0.05) is 28.1 Å². The SMILES string of the molecule is CC(C)(C)OC(=O)N1Cc2cccc(Br)c2CO1. The summed E-state index contributed by atoms with van der Waals surface area (Å²) in [6.45, 7) is 6.28. The summed E-state index contributed by atoms with van der Waals surface area (Å²) in [6.07, 6.45) is -0.451. The summed E-state index contributed by atoms with van der Waals surface area (Å²) >= 11 is 3.47. The van der Waals surface area contributed by atoms with Crippen LogP contribution in [0.4, 0.5) is 4.79 Å². The summed E-state index contributed by atoms with van der Waals surface area (Å²) in [6, 6.07) is 5.90. The van der Waals surface area contributed by atoms with E-state index >= 15 is 0 Å². The van der Waals surface area contributed by atoms with Crippen LogP contribution in [0.3, 0.4) is 0 Å². The van der Waals surface area contributed by atoms with Crippen molar-refractivity contribution in [2.75, 3.05) is 0 Å². The van der Waals surface area contributed by atoms with Crippen LogP contribution in [0.1, 0.15) is 31.9 Å². The Morgan fingerprint density at radius 3 is 2.83 bits per heavy atom. The Morgan fingerprint density at radius 1 is 1.44 bits per heavy atom. The van der Waals surface area contributed by atoms with Crippen LogP contribution in [0.15, 0.2) is 22.7 Å². The first kappa shape index (κ1) is 13.4. The standard InChI is InChI=1S/C13H16BrNO3/c1-13(2,3)18-12(16)15-7-9-5-4-6-11(14)10(9)8-17-15/h4-6H,7-8H2,1-3H3. The molecule has 4 nitrogen and oxygen atoms in total. The predicted molar refractivity (Wildman–Crippen MR) is 70.7 cm³/mol. The van der Waals surface area contributed by atoms with Gasteiger partial charge in [0, 0.05) is 4.47 Å². The fraction of sp³-hybridized carbons (Fsp3) is 0.462. The van der Waals surface area contributed by atoms with Crippen molar-refractivity contribution in [1.29, 1.82) is 0 Å². The molecule has 0 radical (unpaired) electrons. The van der Waals surface area contributed by atoms with Crippen molar-refractivity contribution < 1.29 is 14.4 Å². The summed E-state index contributed by atoms with van der Waals surface area (Å²) in [4.78, 5) is 17.3. The molecule has 1 aromatic rings. The van der Waals surface area contributed by atoms with E-state index in [0.29, 0.717) is 13.2 Å². The van der Waals surface area contributed by atoms with Crippen LogP contribution in [-0.4, -0.2) is 16.8 Å². The highest BCUT2D eigenvalue weighted by Gasteiger charge is 2.27. The van der Waals surface area contributed by atoms with Crippen LogP contribution in [0.2, 0.25) is 0 Å². The lowest BCUT2D eigenvalue weighted by molar-refractivity contribution is -0.171. The van der Waals surface area contributed by atoms with E-state index in [-0.39, 0.29) is 0 Å². The number of hydrogen-bond donors (Lipinski definition) is 0. The fourth-order valence-corrected chi connectivity index (χ4v) is 2.21. The average Bonchev–Trinajstić information content (AvgIpc) is 2.26. The quantitative estimate of drug-likeness (QED) is 0.734. The molecule has 1 heterocycles. The number of nitrogens with zero attached hydrogens (tertiary/aromatic N) is 1. The van der Waals surface area contributed by atoms with Gasteiger partial charge in [0.15, 0.2) is 0 Å². The summed E-state index contributed by atoms with van der Waals surface area (Å²) in [5.74, 6) is 0. The van der Waals surface area contributed by atoms with Gasteiger partial charge in [-0.3, -0.25) is 4.84 Å². The van der Waals surface area contributed by atoms with Crippen LogP contribution in [-0.2, 0) is 22.7 Å². The highest BCUT2D eigenvalue weighted by atomic mass is 79.9. The third-order valence-electron chi connectivity index (χ3n) is 2.49. The van der Waals surface area contributed by atoms with E-state index < -0.39 is 11.7 Å². The summed E-state index contributed by atoms with van der Waals surface area (Å²) < 4.78 is 6.28. The van der Waals surface area contributed by atoms with Crippen molar-refractivity contribution >= 4 is 22.0 Å². The van der Waals surface area contributed by atoms with Crippen molar-refractivity contribution in [3.63, 3.8) is 0 Å². The van der Waals surface area contributed by atoms with E-state index in [0.717, 1.165) is 15.6 Å². The number of ether oxygens (including phenoxy) is 1. The molecule has 1 aliphatic heterocycles. The Morgan fingerprint density at radius 2 is 2.17 bits per heavy atom. The van der Waals surface area contributed by atoms with Gasteiger partial charge in [-0.2, -0.15) is 5.06 Å². The molecule has 1 aliphatic rings. The van der Waals surface area contributed by atoms with Gasteiger partial charge in [-0.15, -0.1) is 0 Å². The normalized spacial score (nSPS) is 15.2. The Bertz CT molecular complexity index is 468. The van der Waals surface area contributed by atoms with Gasteiger partial charge in [-0.05, 0) is 38.0 Å². The van der Waals surface area contributed by atoms with E-state index in [1.165, 1.54) is 5.06 Å². The number of carbonyl (C=O) groups excluding carboxylic acids is 1. The van der Waals surface area contributed by atoms with Crippen molar-refractivity contribution in [3.05, 3.63) is 33.8 Å². The van der Waals surface area contributed by atoms with E-state index in [1.54, 1.807) is 0 Å². The summed E-state index contributed by atoms with van der Waals surface area (Å²) in [5, 5.41) is 1.26. The van der Waals surface area contributed by atoms with E-state index in [9.17, 15) is 4.79 Å². The molecular formula is C13H16BrNO3. The number of amides is 1. The number of rotatable bonds is 0. The average molecular weight is 314 g/mol. The molecule has 0 aromatic heterocycles. The second-order valence-corrected chi connectivity index (χ2v) is 6.02. The molecule has 0 aliphatic carbocycles. The molecule has 0 saturated carbocycles. The first-order valence-electron chi connectivity index (χ1n) is 5.76. The number of fused-ring (bicyclic) bond motifs is 1. The topological polar surface area (TPSA) is 38.8 Å². The van der Waals surface area contributed by atoms with Gasteiger partial charge >= 0.3 is 6.09 Å². The monoisotopic (exact) mass is 313 g/mol. The van der Waals surface area contributed by atoms with Crippen LogP contribution in [0.25, 0.3) is 0 Å². The van der Waals surface area contributed by atoms with Gasteiger partial charge in [-0.25, -0.2) is 4.79 Å². The minimum atomic E-state index is -0.516. The molecular weight excluding hydrogens is 298 g/mol. The Kier molecular flexibility index (Phi) is 3.64. The van der Waals surface area contributed by atoms with Gasteiger partial charge in [0.05, 0.1) is 6.54 Å². The predicted octanol–water partition coefficient (Wildman–Crippen LogP) is 3.63. The Hall–Kier alpha value is -1.07. The van der Waals surface area contributed by atoms with Gasteiger partial charge in [0.25, 0.3) is 0 Å². The molecule has 0 bridgehead atoms. The molecule has 2 rings (SSSR count). The largest absolute Gasteiger partial charge is 0.442 e. The molecule has 0 fully saturated rings. The number of carbonyl (C=O) groups is 1. The van der Waals surface area contributed by atoms with Crippen LogP contribution in [0.5, 0.6) is 0 Å². The van der Waals surface area contributed by atoms with Crippen LogP contribution >= 0.6 is 15.9 Å². The van der Waals surface area contributed by atoms with Crippen molar-refractivity contribution in [1.82, 2.24) is 5.06 Å². The molecule has 0 spiro atoms. The smallest absolute Gasteiger partial charge is 0.434 e. The number of halogens is 1. The first-order chi connectivity index (χ1) is 8.37. The lowest BCUT2D eigenvalue weighted by atomic mass is 10.1. The van der Waals surface area contributed by atoms with E-state index in [4.69, 9.17) is 9.57 Å². The molecule has 1 aromatic carbocycles. The van der Waals surface area contributed by atoms with E-state index in [2.05, 4.69) is 15.9 Å². The van der Waals surface area contributed by atoms with E-state index in [1.807, 2.05) is 39.0 Å². The zero-order valence-corrected chi connectivity index (χ0v) is 12.3. The number of hydroxylamine groups is 2. The second-order valence-electron chi connectivity index (χ2n) is 5.17. The highest BCUT2D eigenvalue weighted by Crippen LogP contribution is 2.27. The van der Waals surface area contributed by atoms with Gasteiger partial charge in [0.2, 0.25) is 0 Å². The minimum Gasteiger partial charge on any atom is -0.442 e. The van der Waals surface area contributed by atoms with Gasteiger partial charge in [0.1, 0.15) is 12.2 Å².